The van der Waals surface area contributed by atoms with Gasteiger partial charge in [-0.15, -0.1) is 0 Å². The van der Waals surface area contributed by atoms with Crippen LogP contribution in [0.4, 0.5) is 0 Å². The van der Waals surface area contributed by atoms with E-state index in [-0.39, 0.29) is 30.2 Å². The summed E-state index contributed by atoms with van der Waals surface area (Å²) < 4.78 is 1.25. The first-order valence-electron chi connectivity index (χ1n) is 8.54. The highest BCUT2D eigenvalue weighted by Crippen LogP contribution is 2.30. The van der Waals surface area contributed by atoms with Gasteiger partial charge in [0.25, 0.3) is 11.5 Å². The maximum atomic E-state index is 12.8. The summed E-state index contributed by atoms with van der Waals surface area (Å²) in [6, 6.07) is 12.1. The Labute approximate surface area is 150 Å². The van der Waals surface area contributed by atoms with Gasteiger partial charge in [-0.3, -0.25) is 14.4 Å². The van der Waals surface area contributed by atoms with Crippen LogP contribution in [-0.2, 0) is 11.3 Å². The lowest BCUT2D eigenvalue weighted by Crippen LogP contribution is -2.48. The fourth-order valence-corrected chi connectivity index (χ4v) is 3.18. The quantitative estimate of drug-likeness (QED) is 0.900. The molecule has 1 amide bonds. The average Bonchev–Trinajstić information content (AvgIpc) is 2.64. The fourth-order valence-electron chi connectivity index (χ4n) is 3.18. The average molecular weight is 355 g/mol. The smallest absolute Gasteiger partial charge is 0.311 e. The SMILES string of the molecule is CC1(C(=O)O)CCCN(C(=O)c2ccc(=O)n(Cc3ccccc3)n2)C1. The number of aliphatic carboxylic acids is 1. The normalized spacial score (nSPS) is 20.0. The number of likely N-dealkylation sites (tertiary alicyclic amines) is 1. The topological polar surface area (TPSA) is 92.5 Å². The number of amides is 1. The van der Waals surface area contributed by atoms with Crippen LogP contribution in [0.3, 0.4) is 0 Å². The van der Waals surface area contributed by atoms with Crippen LogP contribution in [-0.4, -0.2) is 44.8 Å². The fraction of sp³-hybridized carbons (Fsp3) is 0.368. The summed E-state index contributed by atoms with van der Waals surface area (Å²) in [7, 11) is 0. The molecule has 1 unspecified atom stereocenters. The third-order valence-corrected chi connectivity index (χ3v) is 4.76. The maximum Gasteiger partial charge on any atom is 0.311 e. The Hall–Kier alpha value is -2.96. The third kappa shape index (κ3) is 3.66. The molecule has 1 N–H and O–H groups in total. The Morgan fingerprint density at radius 2 is 1.92 bits per heavy atom. The largest absolute Gasteiger partial charge is 0.481 e. The Balaban J connectivity index is 1.83. The molecule has 1 atom stereocenters. The first-order valence-corrected chi connectivity index (χ1v) is 8.54. The molecule has 136 valence electrons. The van der Waals surface area contributed by atoms with Crippen molar-refractivity contribution in [2.45, 2.75) is 26.3 Å². The number of benzene rings is 1. The predicted molar refractivity (Wildman–Crippen MR) is 94.9 cm³/mol. The van der Waals surface area contributed by atoms with E-state index in [4.69, 9.17) is 0 Å². The highest BCUT2D eigenvalue weighted by molar-refractivity contribution is 5.92. The lowest BCUT2D eigenvalue weighted by molar-refractivity contribution is -0.150. The van der Waals surface area contributed by atoms with E-state index in [1.54, 1.807) is 6.92 Å². The molecule has 7 nitrogen and oxygen atoms in total. The number of piperidine rings is 1. The van der Waals surface area contributed by atoms with Gasteiger partial charge in [-0.1, -0.05) is 30.3 Å². The second kappa shape index (κ2) is 7.11. The van der Waals surface area contributed by atoms with Gasteiger partial charge in [0.1, 0.15) is 5.69 Å². The van der Waals surface area contributed by atoms with Crippen LogP contribution in [0.2, 0.25) is 0 Å². The number of nitrogens with zero attached hydrogens (tertiary/aromatic N) is 3. The van der Waals surface area contributed by atoms with E-state index in [9.17, 15) is 19.5 Å². The summed E-state index contributed by atoms with van der Waals surface area (Å²) >= 11 is 0. The molecule has 1 fully saturated rings. The van der Waals surface area contributed by atoms with Crippen molar-refractivity contribution in [1.29, 1.82) is 0 Å². The number of rotatable bonds is 4. The highest BCUT2D eigenvalue weighted by Gasteiger charge is 2.39. The molecule has 0 radical (unpaired) electrons. The van der Waals surface area contributed by atoms with Crippen LogP contribution in [0.25, 0.3) is 0 Å². The maximum absolute atomic E-state index is 12.8. The van der Waals surface area contributed by atoms with E-state index in [0.29, 0.717) is 19.4 Å². The van der Waals surface area contributed by atoms with Gasteiger partial charge in [-0.05, 0) is 31.4 Å². The zero-order valence-electron chi connectivity index (χ0n) is 14.6. The Morgan fingerprint density at radius 1 is 1.19 bits per heavy atom. The van der Waals surface area contributed by atoms with Gasteiger partial charge >= 0.3 is 5.97 Å². The lowest BCUT2D eigenvalue weighted by Gasteiger charge is -2.37. The molecule has 0 aliphatic carbocycles. The molecule has 26 heavy (non-hydrogen) atoms. The minimum Gasteiger partial charge on any atom is -0.481 e. The number of aromatic nitrogens is 2. The molecule has 2 heterocycles. The van der Waals surface area contributed by atoms with Gasteiger partial charge in [-0.2, -0.15) is 5.10 Å². The summed E-state index contributed by atoms with van der Waals surface area (Å²) in [5.74, 6) is -1.25. The van der Waals surface area contributed by atoms with Gasteiger partial charge in [0.15, 0.2) is 0 Å². The van der Waals surface area contributed by atoms with Crippen LogP contribution in [0.1, 0.15) is 35.8 Å². The van der Waals surface area contributed by atoms with Crippen LogP contribution < -0.4 is 5.56 Å². The van der Waals surface area contributed by atoms with Gasteiger partial charge in [0.05, 0.1) is 12.0 Å². The highest BCUT2D eigenvalue weighted by atomic mass is 16.4. The molecule has 1 aliphatic rings. The van der Waals surface area contributed by atoms with Crippen molar-refractivity contribution >= 4 is 11.9 Å². The molecule has 3 rings (SSSR count). The number of hydrogen-bond acceptors (Lipinski definition) is 4. The van der Waals surface area contributed by atoms with Crippen LogP contribution in [0.15, 0.2) is 47.3 Å². The summed E-state index contributed by atoms with van der Waals surface area (Å²) in [6.45, 7) is 2.55. The zero-order chi connectivity index (χ0) is 18.7. The van der Waals surface area contributed by atoms with E-state index >= 15 is 0 Å². The first kappa shape index (κ1) is 17.8. The van der Waals surface area contributed by atoms with Crippen LogP contribution in [0.5, 0.6) is 0 Å². The monoisotopic (exact) mass is 355 g/mol. The van der Waals surface area contributed by atoms with E-state index in [1.165, 1.54) is 21.7 Å². The molecule has 1 aliphatic heterocycles. The molecule has 2 aromatic rings. The van der Waals surface area contributed by atoms with Crippen LogP contribution in [0, 0.1) is 5.41 Å². The molecule has 0 spiro atoms. The number of carbonyl (C=O) groups excluding carboxylic acids is 1. The summed E-state index contributed by atoms with van der Waals surface area (Å²) in [4.78, 5) is 37.8. The molecule has 7 heteroatoms. The minimum absolute atomic E-state index is 0.140. The Bertz CT molecular complexity index is 878. The van der Waals surface area contributed by atoms with Gasteiger partial charge in [-0.25, -0.2) is 4.68 Å². The van der Waals surface area contributed by atoms with E-state index in [2.05, 4.69) is 5.10 Å². The molecular weight excluding hydrogens is 334 g/mol. The van der Waals surface area contributed by atoms with Gasteiger partial charge in [0, 0.05) is 19.2 Å². The van der Waals surface area contributed by atoms with E-state index in [0.717, 1.165) is 5.56 Å². The van der Waals surface area contributed by atoms with Crippen molar-refractivity contribution in [1.82, 2.24) is 14.7 Å². The lowest BCUT2D eigenvalue weighted by atomic mass is 9.82. The van der Waals surface area contributed by atoms with E-state index < -0.39 is 11.4 Å². The third-order valence-electron chi connectivity index (χ3n) is 4.76. The predicted octanol–water partition coefficient (Wildman–Crippen LogP) is 1.62. The second-order valence-electron chi connectivity index (χ2n) is 6.90. The van der Waals surface area contributed by atoms with Crippen molar-refractivity contribution in [3.05, 3.63) is 64.1 Å². The number of carboxylic acids is 1. The van der Waals surface area contributed by atoms with Crippen molar-refractivity contribution in [3.8, 4) is 0 Å². The second-order valence-corrected chi connectivity index (χ2v) is 6.90. The van der Waals surface area contributed by atoms with Gasteiger partial charge in [0.2, 0.25) is 0 Å². The Kier molecular flexibility index (Phi) is 4.88. The number of hydrogen-bond donors (Lipinski definition) is 1. The summed E-state index contributed by atoms with van der Waals surface area (Å²) in [6.07, 6.45) is 1.16. The Morgan fingerprint density at radius 3 is 2.62 bits per heavy atom. The summed E-state index contributed by atoms with van der Waals surface area (Å²) in [5.41, 5.74) is -0.190. The standard InChI is InChI=1S/C19H21N3O4/c1-19(18(25)26)10-5-11-21(13-19)17(24)15-8-9-16(23)22(20-15)12-14-6-3-2-4-7-14/h2-4,6-9H,5,10-13H2,1H3,(H,25,26). The molecule has 1 aromatic carbocycles. The molecule has 0 saturated carbocycles. The molecule has 0 bridgehead atoms. The van der Waals surface area contributed by atoms with E-state index in [1.807, 2.05) is 30.3 Å². The molecular formula is C19H21N3O4. The number of carboxylic acid groups (broad SMARTS) is 1. The number of carbonyl (C=O) groups is 2. The minimum atomic E-state index is -0.952. The van der Waals surface area contributed by atoms with Crippen molar-refractivity contribution < 1.29 is 14.7 Å². The summed E-state index contributed by atoms with van der Waals surface area (Å²) in [5, 5.41) is 13.6. The van der Waals surface area contributed by atoms with Crippen molar-refractivity contribution in [2.75, 3.05) is 13.1 Å². The van der Waals surface area contributed by atoms with Crippen LogP contribution >= 0.6 is 0 Å². The van der Waals surface area contributed by atoms with Gasteiger partial charge < -0.3 is 10.0 Å². The molecule has 1 aromatic heterocycles. The molecule has 1 saturated heterocycles. The first-order chi connectivity index (χ1) is 12.4. The van der Waals surface area contributed by atoms with Crippen molar-refractivity contribution in [3.63, 3.8) is 0 Å². The zero-order valence-corrected chi connectivity index (χ0v) is 14.6. The van der Waals surface area contributed by atoms with Crippen molar-refractivity contribution in [2.24, 2.45) is 5.41 Å².